The number of hydrogen-bond donors (Lipinski definition) is 2. The molecule has 0 aliphatic carbocycles. The van der Waals surface area contributed by atoms with Gasteiger partial charge in [0.1, 0.15) is 0 Å². The van der Waals surface area contributed by atoms with Crippen LogP contribution in [0.15, 0.2) is 18.2 Å². The number of halogens is 1. The highest BCUT2D eigenvalue weighted by Crippen LogP contribution is 2.27. The van der Waals surface area contributed by atoms with Crippen molar-refractivity contribution in [2.45, 2.75) is 33.4 Å². The highest BCUT2D eigenvalue weighted by atomic mass is 35.5. The fraction of sp³-hybridized carbons (Fsp3) is 0.533. The Balaban J connectivity index is 0.00000400. The predicted molar refractivity (Wildman–Crippen MR) is 86.1 cm³/mol. The summed E-state index contributed by atoms with van der Waals surface area (Å²) in [6.45, 7) is 6.57. The first-order valence-corrected chi connectivity index (χ1v) is 6.82. The van der Waals surface area contributed by atoms with Gasteiger partial charge in [-0.15, -0.1) is 12.4 Å². The van der Waals surface area contributed by atoms with Crippen molar-refractivity contribution in [2.24, 2.45) is 11.7 Å². The van der Waals surface area contributed by atoms with Crippen LogP contribution in [0.25, 0.3) is 0 Å². The quantitative estimate of drug-likeness (QED) is 0.808. The van der Waals surface area contributed by atoms with Gasteiger partial charge in [-0.25, -0.2) is 0 Å². The first kappa shape index (κ1) is 19.5. The van der Waals surface area contributed by atoms with Gasteiger partial charge in [0.15, 0.2) is 11.5 Å². The third-order valence-electron chi connectivity index (χ3n) is 3.20. The molecule has 0 bridgehead atoms. The molecule has 2 unspecified atom stereocenters. The van der Waals surface area contributed by atoms with Gasteiger partial charge in [0, 0.05) is 18.5 Å². The molecule has 2 atom stereocenters. The van der Waals surface area contributed by atoms with Gasteiger partial charge in [0.25, 0.3) is 0 Å². The van der Waals surface area contributed by atoms with Crippen LogP contribution in [0.2, 0.25) is 0 Å². The summed E-state index contributed by atoms with van der Waals surface area (Å²) in [6, 6.07) is 5.45. The number of carbonyl (C=O) groups excluding carboxylic acids is 1. The molecule has 0 aliphatic rings. The van der Waals surface area contributed by atoms with E-state index in [1.807, 2.05) is 39.0 Å². The molecule has 0 aromatic heterocycles. The molecular formula is C15H25ClN2O3. The zero-order valence-corrected chi connectivity index (χ0v) is 13.8. The molecule has 3 N–H and O–H groups in total. The van der Waals surface area contributed by atoms with E-state index < -0.39 is 0 Å². The van der Waals surface area contributed by atoms with Crippen molar-refractivity contribution >= 4 is 18.3 Å². The number of rotatable bonds is 7. The number of ether oxygens (including phenoxy) is 2. The molecule has 6 heteroatoms. The Hall–Kier alpha value is -1.46. The summed E-state index contributed by atoms with van der Waals surface area (Å²) in [5.74, 6) is 1.11. The Morgan fingerprint density at radius 2 is 2.00 bits per heavy atom. The predicted octanol–water partition coefficient (Wildman–Crippen LogP) is 2.12. The minimum absolute atomic E-state index is 0. The minimum Gasteiger partial charge on any atom is -0.493 e. The Labute approximate surface area is 132 Å². The Morgan fingerprint density at radius 3 is 2.52 bits per heavy atom. The van der Waals surface area contributed by atoms with E-state index in [1.54, 1.807) is 7.11 Å². The summed E-state index contributed by atoms with van der Waals surface area (Å²) in [7, 11) is 1.60. The van der Waals surface area contributed by atoms with Crippen molar-refractivity contribution in [3.63, 3.8) is 0 Å². The van der Waals surface area contributed by atoms with Crippen LogP contribution in [0, 0.1) is 5.92 Å². The maximum atomic E-state index is 11.8. The molecule has 120 valence electrons. The van der Waals surface area contributed by atoms with Gasteiger partial charge in [0.05, 0.1) is 13.7 Å². The van der Waals surface area contributed by atoms with E-state index in [9.17, 15) is 4.79 Å². The Morgan fingerprint density at radius 1 is 1.33 bits per heavy atom. The first-order chi connectivity index (χ1) is 9.49. The number of methoxy groups -OCH3 is 1. The molecular weight excluding hydrogens is 292 g/mol. The molecule has 0 saturated heterocycles. The maximum Gasteiger partial charge on any atom is 0.224 e. The molecule has 0 radical (unpaired) electrons. The third kappa shape index (κ3) is 5.81. The smallest absolute Gasteiger partial charge is 0.224 e. The van der Waals surface area contributed by atoms with Gasteiger partial charge >= 0.3 is 0 Å². The fourth-order valence-corrected chi connectivity index (χ4v) is 1.69. The minimum atomic E-state index is -0.209. The molecule has 0 saturated carbocycles. The largest absolute Gasteiger partial charge is 0.493 e. The van der Waals surface area contributed by atoms with E-state index in [4.69, 9.17) is 15.2 Å². The monoisotopic (exact) mass is 316 g/mol. The molecule has 1 aromatic carbocycles. The molecule has 0 fully saturated rings. The molecule has 1 rings (SSSR count). The van der Waals surface area contributed by atoms with Gasteiger partial charge in [-0.2, -0.15) is 0 Å². The lowest BCUT2D eigenvalue weighted by atomic mass is 10.0. The van der Waals surface area contributed by atoms with E-state index in [0.717, 1.165) is 5.56 Å². The summed E-state index contributed by atoms with van der Waals surface area (Å²) in [4.78, 5) is 11.8. The van der Waals surface area contributed by atoms with Crippen LogP contribution in [-0.2, 0) is 11.3 Å². The molecule has 21 heavy (non-hydrogen) atoms. The number of carbonyl (C=O) groups is 1. The topological polar surface area (TPSA) is 73.6 Å². The first-order valence-electron chi connectivity index (χ1n) is 6.82. The number of hydrogen-bond acceptors (Lipinski definition) is 4. The summed E-state index contributed by atoms with van der Waals surface area (Å²) in [5, 5.41) is 2.87. The van der Waals surface area contributed by atoms with Crippen LogP contribution >= 0.6 is 12.4 Å². The second-order valence-electron chi connectivity index (χ2n) is 4.78. The summed E-state index contributed by atoms with van der Waals surface area (Å²) in [6.07, 6.45) is 0. The highest BCUT2D eigenvalue weighted by molar-refractivity contribution is 5.85. The zero-order valence-electron chi connectivity index (χ0n) is 13.0. The van der Waals surface area contributed by atoms with Crippen LogP contribution < -0.4 is 20.5 Å². The Kier molecular flexibility index (Phi) is 8.81. The van der Waals surface area contributed by atoms with E-state index in [-0.39, 0.29) is 30.3 Å². The van der Waals surface area contributed by atoms with Crippen molar-refractivity contribution in [1.29, 1.82) is 0 Å². The summed E-state index contributed by atoms with van der Waals surface area (Å²) in [5.41, 5.74) is 6.67. The average molecular weight is 317 g/mol. The van der Waals surface area contributed by atoms with Crippen LogP contribution in [0.3, 0.4) is 0 Å². The molecule has 1 aromatic rings. The Bertz CT molecular complexity index is 453. The van der Waals surface area contributed by atoms with Gasteiger partial charge in [-0.3, -0.25) is 4.79 Å². The SMILES string of the molecule is CCOc1cc(CNC(=O)C(C)C(C)N)ccc1OC.Cl. The molecule has 1 amide bonds. The van der Waals surface area contributed by atoms with E-state index in [1.165, 1.54) is 0 Å². The summed E-state index contributed by atoms with van der Waals surface area (Å²) >= 11 is 0. The van der Waals surface area contributed by atoms with Gasteiger partial charge < -0.3 is 20.5 Å². The lowest BCUT2D eigenvalue weighted by Crippen LogP contribution is -2.38. The number of nitrogens with two attached hydrogens (primary N) is 1. The van der Waals surface area contributed by atoms with Crippen LogP contribution in [0.1, 0.15) is 26.3 Å². The van der Waals surface area contributed by atoms with Gasteiger partial charge in [-0.1, -0.05) is 13.0 Å². The van der Waals surface area contributed by atoms with Crippen molar-refractivity contribution in [2.75, 3.05) is 13.7 Å². The van der Waals surface area contributed by atoms with Crippen molar-refractivity contribution in [3.05, 3.63) is 23.8 Å². The third-order valence-corrected chi connectivity index (χ3v) is 3.20. The summed E-state index contributed by atoms with van der Waals surface area (Å²) < 4.78 is 10.7. The van der Waals surface area contributed by atoms with Gasteiger partial charge in [-0.05, 0) is 31.5 Å². The van der Waals surface area contributed by atoms with Gasteiger partial charge in [0.2, 0.25) is 5.91 Å². The second-order valence-corrected chi connectivity index (χ2v) is 4.78. The standard InChI is InChI=1S/C15H24N2O3.ClH/c1-5-20-14-8-12(6-7-13(14)19-4)9-17-15(18)10(2)11(3)16;/h6-8,10-11H,5,9,16H2,1-4H3,(H,17,18);1H. The van der Waals surface area contributed by atoms with E-state index in [2.05, 4.69) is 5.32 Å². The van der Waals surface area contributed by atoms with Crippen molar-refractivity contribution < 1.29 is 14.3 Å². The number of nitrogens with one attached hydrogen (secondary N) is 1. The van der Waals surface area contributed by atoms with Crippen LogP contribution in [0.4, 0.5) is 0 Å². The molecule has 0 heterocycles. The maximum absolute atomic E-state index is 11.8. The van der Waals surface area contributed by atoms with Crippen LogP contribution in [0.5, 0.6) is 11.5 Å². The highest BCUT2D eigenvalue weighted by Gasteiger charge is 2.16. The van der Waals surface area contributed by atoms with E-state index >= 15 is 0 Å². The van der Waals surface area contributed by atoms with E-state index in [0.29, 0.717) is 24.7 Å². The molecule has 0 aliphatic heterocycles. The second kappa shape index (κ2) is 9.47. The zero-order chi connectivity index (χ0) is 15.1. The number of benzene rings is 1. The lowest BCUT2D eigenvalue weighted by Gasteiger charge is -2.16. The molecule has 0 spiro atoms. The van der Waals surface area contributed by atoms with Crippen LogP contribution in [-0.4, -0.2) is 25.7 Å². The average Bonchev–Trinajstić information content (AvgIpc) is 2.44. The number of amides is 1. The normalized spacial score (nSPS) is 12.8. The lowest BCUT2D eigenvalue weighted by molar-refractivity contribution is -0.125. The molecule has 5 nitrogen and oxygen atoms in total. The van der Waals surface area contributed by atoms with Crippen molar-refractivity contribution in [1.82, 2.24) is 5.32 Å². The fourth-order valence-electron chi connectivity index (χ4n) is 1.69. The van der Waals surface area contributed by atoms with Crippen molar-refractivity contribution in [3.8, 4) is 11.5 Å².